The molecule has 0 saturated heterocycles. The lowest BCUT2D eigenvalue weighted by Crippen LogP contribution is -2.23. The Morgan fingerprint density at radius 2 is 2.00 bits per heavy atom. The highest BCUT2D eigenvalue weighted by atomic mass is 35.5. The van der Waals surface area contributed by atoms with Gasteiger partial charge in [-0.3, -0.25) is 4.99 Å². The van der Waals surface area contributed by atoms with Crippen molar-refractivity contribution in [1.29, 1.82) is 0 Å². The average Bonchev–Trinajstić information content (AvgIpc) is 2.93. The first kappa shape index (κ1) is 14.0. The van der Waals surface area contributed by atoms with Crippen LogP contribution in [0.1, 0.15) is 11.1 Å². The maximum absolute atomic E-state index is 5.88. The van der Waals surface area contributed by atoms with E-state index in [1.807, 2.05) is 42.5 Å². The van der Waals surface area contributed by atoms with E-state index in [1.165, 1.54) is 0 Å². The van der Waals surface area contributed by atoms with E-state index in [0.29, 0.717) is 6.61 Å². The van der Waals surface area contributed by atoms with Crippen LogP contribution in [-0.4, -0.2) is 30.9 Å². The van der Waals surface area contributed by atoms with Gasteiger partial charge in [0, 0.05) is 24.2 Å². The largest absolute Gasteiger partial charge is 0.489 e. The van der Waals surface area contributed by atoms with Gasteiger partial charge in [0.25, 0.3) is 0 Å². The Kier molecular flexibility index (Phi) is 4.11. The number of ether oxygens (including phenoxy) is 1. The van der Waals surface area contributed by atoms with Gasteiger partial charge < -0.3 is 9.64 Å². The minimum absolute atomic E-state index is 0.531. The van der Waals surface area contributed by atoms with Crippen LogP contribution in [0.3, 0.4) is 0 Å². The summed E-state index contributed by atoms with van der Waals surface area (Å²) in [5.74, 6) is 1.89. The molecule has 108 valence electrons. The maximum atomic E-state index is 5.88. The van der Waals surface area contributed by atoms with E-state index >= 15 is 0 Å². The summed E-state index contributed by atoms with van der Waals surface area (Å²) in [6.45, 7) is 2.37. The van der Waals surface area contributed by atoms with E-state index in [9.17, 15) is 0 Å². The van der Waals surface area contributed by atoms with Crippen molar-refractivity contribution in [2.75, 3.05) is 20.1 Å². The summed E-state index contributed by atoms with van der Waals surface area (Å²) in [6.07, 6.45) is 0. The van der Waals surface area contributed by atoms with Crippen LogP contribution < -0.4 is 4.74 Å². The van der Waals surface area contributed by atoms with E-state index in [-0.39, 0.29) is 0 Å². The Morgan fingerprint density at radius 3 is 2.71 bits per heavy atom. The Morgan fingerprint density at radius 1 is 1.19 bits per heavy atom. The minimum Gasteiger partial charge on any atom is -0.489 e. The van der Waals surface area contributed by atoms with Crippen molar-refractivity contribution in [3.63, 3.8) is 0 Å². The van der Waals surface area contributed by atoms with Gasteiger partial charge >= 0.3 is 0 Å². The summed E-state index contributed by atoms with van der Waals surface area (Å²) in [5.41, 5.74) is 2.20. The fourth-order valence-corrected chi connectivity index (χ4v) is 2.44. The number of rotatable bonds is 4. The van der Waals surface area contributed by atoms with Gasteiger partial charge in [0.05, 0.1) is 6.54 Å². The predicted octanol–water partition coefficient (Wildman–Crippen LogP) is 3.61. The average molecular weight is 301 g/mol. The molecule has 1 heterocycles. The molecule has 21 heavy (non-hydrogen) atoms. The summed E-state index contributed by atoms with van der Waals surface area (Å²) >= 11 is 5.88. The van der Waals surface area contributed by atoms with Crippen LogP contribution in [0.15, 0.2) is 53.5 Å². The van der Waals surface area contributed by atoms with Crippen LogP contribution in [0.4, 0.5) is 0 Å². The van der Waals surface area contributed by atoms with E-state index in [1.54, 1.807) is 0 Å². The molecule has 0 spiro atoms. The van der Waals surface area contributed by atoms with Crippen molar-refractivity contribution >= 4 is 17.4 Å². The van der Waals surface area contributed by atoms with E-state index in [2.05, 4.69) is 23.0 Å². The molecule has 0 aromatic heterocycles. The summed E-state index contributed by atoms with van der Waals surface area (Å²) in [5, 5.41) is 0.739. The van der Waals surface area contributed by atoms with Gasteiger partial charge in [-0.05, 0) is 29.8 Å². The molecule has 0 aliphatic carbocycles. The fourth-order valence-electron chi connectivity index (χ4n) is 2.32. The Hall–Kier alpha value is -2.00. The fraction of sp³-hybridized carbons (Fsp3) is 0.235. The molecule has 1 aliphatic heterocycles. The number of hydrogen-bond acceptors (Lipinski definition) is 3. The molecular weight excluding hydrogens is 284 g/mol. The van der Waals surface area contributed by atoms with Crippen molar-refractivity contribution in [3.05, 3.63) is 64.7 Å². The molecule has 0 radical (unpaired) electrons. The highest BCUT2D eigenvalue weighted by Gasteiger charge is 2.14. The second-order valence-corrected chi connectivity index (χ2v) is 5.51. The predicted molar refractivity (Wildman–Crippen MR) is 86.3 cm³/mol. The van der Waals surface area contributed by atoms with E-state index < -0.39 is 0 Å². The smallest absolute Gasteiger partial charge is 0.130 e. The van der Waals surface area contributed by atoms with Gasteiger partial charge in [-0.2, -0.15) is 0 Å². The van der Waals surface area contributed by atoms with Crippen LogP contribution in [0.2, 0.25) is 5.02 Å². The summed E-state index contributed by atoms with van der Waals surface area (Å²) in [4.78, 5) is 6.69. The molecule has 3 nitrogen and oxygen atoms in total. The lowest BCUT2D eigenvalue weighted by Gasteiger charge is -2.14. The monoisotopic (exact) mass is 300 g/mol. The highest BCUT2D eigenvalue weighted by Crippen LogP contribution is 2.18. The van der Waals surface area contributed by atoms with Crippen LogP contribution in [0.25, 0.3) is 0 Å². The van der Waals surface area contributed by atoms with Crippen LogP contribution >= 0.6 is 11.6 Å². The summed E-state index contributed by atoms with van der Waals surface area (Å²) in [6, 6.07) is 15.8. The first-order valence-electron chi connectivity index (χ1n) is 6.95. The van der Waals surface area contributed by atoms with E-state index in [0.717, 1.165) is 40.8 Å². The molecule has 0 N–H and O–H groups in total. The molecular formula is C17H17ClN2O. The van der Waals surface area contributed by atoms with Crippen molar-refractivity contribution in [3.8, 4) is 5.75 Å². The number of likely N-dealkylation sites (N-methyl/N-ethyl adjacent to an activating group) is 1. The quantitative estimate of drug-likeness (QED) is 0.861. The topological polar surface area (TPSA) is 24.8 Å². The van der Waals surface area contributed by atoms with E-state index in [4.69, 9.17) is 16.3 Å². The number of aliphatic imine (C=N–C) groups is 1. The molecule has 3 rings (SSSR count). The molecule has 1 aliphatic rings. The van der Waals surface area contributed by atoms with Gasteiger partial charge in [-0.15, -0.1) is 0 Å². The molecule has 0 unspecified atom stereocenters. The first-order valence-corrected chi connectivity index (χ1v) is 7.33. The first-order chi connectivity index (χ1) is 10.2. The molecule has 0 bridgehead atoms. The third-order valence-electron chi connectivity index (χ3n) is 3.47. The molecule has 0 atom stereocenters. The molecule has 0 saturated carbocycles. The zero-order valence-corrected chi connectivity index (χ0v) is 12.7. The van der Waals surface area contributed by atoms with Gasteiger partial charge in [-0.25, -0.2) is 0 Å². The molecule has 0 amide bonds. The Bertz CT molecular complexity index is 652. The third kappa shape index (κ3) is 3.37. The van der Waals surface area contributed by atoms with Crippen molar-refractivity contribution in [2.24, 2.45) is 4.99 Å². The number of hydrogen-bond donors (Lipinski definition) is 0. The maximum Gasteiger partial charge on any atom is 0.130 e. The number of nitrogens with zero attached hydrogens (tertiary/aromatic N) is 2. The molecule has 2 aromatic carbocycles. The standard InChI is InChI=1S/C17H17ClN2O/c1-20-10-9-19-17(20)14-3-2-4-16(11-14)21-12-13-5-7-15(18)8-6-13/h2-8,11H,9-10,12H2,1H3. The Labute approximate surface area is 129 Å². The number of benzene rings is 2. The highest BCUT2D eigenvalue weighted by molar-refractivity contribution is 6.30. The lowest BCUT2D eigenvalue weighted by atomic mass is 10.2. The van der Waals surface area contributed by atoms with Crippen molar-refractivity contribution in [2.45, 2.75) is 6.61 Å². The number of halogens is 1. The molecule has 4 heteroatoms. The summed E-state index contributed by atoms with van der Waals surface area (Å²) in [7, 11) is 2.06. The zero-order valence-electron chi connectivity index (χ0n) is 11.9. The van der Waals surface area contributed by atoms with Gasteiger partial charge in [0.1, 0.15) is 18.2 Å². The van der Waals surface area contributed by atoms with Gasteiger partial charge in [0.15, 0.2) is 0 Å². The van der Waals surface area contributed by atoms with Gasteiger partial charge in [0.2, 0.25) is 0 Å². The second-order valence-electron chi connectivity index (χ2n) is 5.07. The van der Waals surface area contributed by atoms with Crippen LogP contribution in [0.5, 0.6) is 5.75 Å². The van der Waals surface area contributed by atoms with Crippen LogP contribution in [-0.2, 0) is 6.61 Å². The molecule has 0 fully saturated rings. The summed E-state index contributed by atoms with van der Waals surface area (Å²) < 4.78 is 5.85. The van der Waals surface area contributed by atoms with Crippen molar-refractivity contribution < 1.29 is 4.74 Å². The third-order valence-corrected chi connectivity index (χ3v) is 3.72. The Balaban J connectivity index is 1.70. The number of amidine groups is 1. The normalized spacial score (nSPS) is 14.2. The van der Waals surface area contributed by atoms with Crippen LogP contribution in [0, 0.1) is 0 Å². The SMILES string of the molecule is CN1CCN=C1c1cccc(OCc2ccc(Cl)cc2)c1. The second kappa shape index (κ2) is 6.19. The minimum atomic E-state index is 0.531. The zero-order chi connectivity index (χ0) is 14.7. The molecule has 2 aromatic rings. The van der Waals surface area contributed by atoms with Gasteiger partial charge in [-0.1, -0.05) is 35.9 Å². The lowest BCUT2D eigenvalue weighted by molar-refractivity contribution is 0.306. The van der Waals surface area contributed by atoms with Crippen molar-refractivity contribution in [1.82, 2.24) is 4.90 Å².